The van der Waals surface area contributed by atoms with E-state index in [9.17, 15) is 4.79 Å². The molecule has 3 aromatic rings. The van der Waals surface area contributed by atoms with Crippen molar-refractivity contribution >= 4 is 22.7 Å². The van der Waals surface area contributed by atoms with Gasteiger partial charge in [0, 0.05) is 12.3 Å². The fourth-order valence-corrected chi connectivity index (χ4v) is 3.42. The second kappa shape index (κ2) is 7.53. The third-order valence-electron chi connectivity index (χ3n) is 3.81. The van der Waals surface area contributed by atoms with Crippen LogP contribution in [0.25, 0.3) is 10.9 Å². The number of thioether (sulfide) groups is 1. The van der Waals surface area contributed by atoms with E-state index in [0.29, 0.717) is 18.5 Å². The molecule has 0 fully saturated rings. The first-order valence-corrected chi connectivity index (χ1v) is 9.00. The second-order valence-corrected chi connectivity index (χ2v) is 6.49. The van der Waals surface area contributed by atoms with Crippen LogP contribution in [0.5, 0.6) is 5.75 Å². The van der Waals surface area contributed by atoms with E-state index in [1.165, 1.54) is 0 Å². The fraction of sp³-hybridized carbons (Fsp3) is 0.263. The standard InChI is InChI=1S/C19H20N2O2S/c1-3-21-18(22)15-9-5-6-10-16(15)20-19(21)24-13-12-23-17-11-7-4-8-14(17)2/h4-11H,3,12-13H2,1-2H3. The highest BCUT2D eigenvalue weighted by Gasteiger charge is 2.10. The first-order valence-electron chi connectivity index (χ1n) is 8.01. The normalized spacial score (nSPS) is 10.9. The van der Waals surface area contributed by atoms with Gasteiger partial charge in [-0.2, -0.15) is 0 Å². The van der Waals surface area contributed by atoms with Crippen LogP contribution < -0.4 is 10.3 Å². The van der Waals surface area contributed by atoms with E-state index in [-0.39, 0.29) is 5.56 Å². The number of nitrogens with zero attached hydrogens (tertiary/aromatic N) is 2. The molecular weight excluding hydrogens is 320 g/mol. The van der Waals surface area contributed by atoms with Crippen LogP contribution in [-0.2, 0) is 6.54 Å². The average molecular weight is 340 g/mol. The summed E-state index contributed by atoms with van der Waals surface area (Å²) in [5.41, 5.74) is 1.89. The number of aryl methyl sites for hydroxylation is 1. The minimum Gasteiger partial charge on any atom is -0.492 e. The fourth-order valence-electron chi connectivity index (χ4n) is 2.54. The smallest absolute Gasteiger partial charge is 0.262 e. The molecule has 0 aliphatic carbocycles. The van der Waals surface area contributed by atoms with E-state index in [0.717, 1.165) is 27.7 Å². The molecule has 0 N–H and O–H groups in total. The van der Waals surface area contributed by atoms with Gasteiger partial charge in [-0.3, -0.25) is 9.36 Å². The second-order valence-electron chi connectivity index (χ2n) is 5.42. The van der Waals surface area contributed by atoms with Gasteiger partial charge in [0.2, 0.25) is 0 Å². The molecular formula is C19H20N2O2S. The Labute approximate surface area is 145 Å². The van der Waals surface area contributed by atoms with E-state index in [2.05, 4.69) is 4.98 Å². The highest BCUT2D eigenvalue weighted by atomic mass is 32.2. The molecule has 0 radical (unpaired) electrons. The Hall–Kier alpha value is -2.27. The van der Waals surface area contributed by atoms with Crippen LogP contribution in [0, 0.1) is 6.92 Å². The van der Waals surface area contributed by atoms with E-state index in [1.807, 2.05) is 62.4 Å². The summed E-state index contributed by atoms with van der Waals surface area (Å²) in [5.74, 6) is 1.64. The van der Waals surface area contributed by atoms with Gasteiger partial charge in [0.15, 0.2) is 5.16 Å². The number of benzene rings is 2. The molecule has 0 saturated heterocycles. The number of hydrogen-bond acceptors (Lipinski definition) is 4. The summed E-state index contributed by atoms with van der Waals surface area (Å²) in [6, 6.07) is 15.4. The summed E-state index contributed by atoms with van der Waals surface area (Å²) in [4.78, 5) is 17.2. The molecule has 124 valence electrons. The van der Waals surface area contributed by atoms with Crippen LogP contribution in [0.15, 0.2) is 58.5 Å². The van der Waals surface area contributed by atoms with Gasteiger partial charge >= 0.3 is 0 Å². The quantitative estimate of drug-likeness (QED) is 0.388. The van der Waals surface area contributed by atoms with Crippen molar-refractivity contribution in [2.75, 3.05) is 12.4 Å². The number of aromatic nitrogens is 2. The van der Waals surface area contributed by atoms with Gasteiger partial charge in [-0.05, 0) is 37.6 Å². The number of hydrogen-bond donors (Lipinski definition) is 0. The lowest BCUT2D eigenvalue weighted by molar-refractivity contribution is 0.341. The number of rotatable bonds is 6. The van der Waals surface area contributed by atoms with Crippen molar-refractivity contribution in [3.8, 4) is 5.75 Å². The van der Waals surface area contributed by atoms with Crippen molar-refractivity contribution in [3.63, 3.8) is 0 Å². The Kier molecular flexibility index (Phi) is 5.20. The maximum absolute atomic E-state index is 12.6. The summed E-state index contributed by atoms with van der Waals surface area (Å²) >= 11 is 1.55. The van der Waals surface area contributed by atoms with E-state index < -0.39 is 0 Å². The van der Waals surface area contributed by atoms with Gasteiger partial charge in [0.05, 0.1) is 17.5 Å². The highest BCUT2D eigenvalue weighted by molar-refractivity contribution is 7.99. The molecule has 0 aliphatic rings. The van der Waals surface area contributed by atoms with E-state index >= 15 is 0 Å². The number of ether oxygens (including phenoxy) is 1. The minimum absolute atomic E-state index is 0.0189. The molecule has 0 saturated carbocycles. The number of para-hydroxylation sites is 2. The molecule has 1 aromatic heterocycles. The SMILES string of the molecule is CCn1c(SCCOc2ccccc2C)nc2ccccc2c1=O. The van der Waals surface area contributed by atoms with Crippen LogP contribution in [0.3, 0.4) is 0 Å². The van der Waals surface area contributed by atoms with Gasteiger partial charge in [0.1, 0.15) is 5.75 Å². The molecule has 0 unspecified atom stereocenters. The van der Waals surface area contributed by atoms with Gasteiger partial charge in [0.25, 0.3) is 5.56 Å². The Morgan fingerprint density at radius 2 is 1.88 bits per heavy atom. The highest BCUT2D eigenvalue weighted by Crippen LogP contribution is 2.20. The summed E-state index contributed by atoms with van der Waals surface area (Å²) in [6.45, 7) is 5.17. The Balaban J connectivity index is 1.73. The Morgan fingerprint density at radius 3 is 2.67 bits per heavy atom. The van der Waals surface area contributed by atoms with E-state index in [1.54, 1.807) is 16.3 Å². The molecule has 4 nitrogen and oxygen atoms in total. The molecule has 3 rings (SSSR count). The lowest BCUT2D eigenvalue weighted by Crippen LogP contribution is -2.22. The van der Waals surface area contributed by atoms with Crippen molar-refractivity contribution in [2.45, 2.75) is 25.5 Å². The molecule has 2 aromatic carbocycles. The molecule has 0 bridgehead atoms. The zero-order chi connectivity index (χ0) is 16.9. The van der Waals surface area contributed by atoms with Crippen molar-refractivity contribution in [1.82, 2.24) is 9.55 Å². The van der Waals surface area contributed by atoms with Crippen LogP contribution in [0.4, 0.5) is 0 Å². The predicted octanol–water partition coefficient (Wildman–Crippen LogP) is 3.90. The molecule has 24 heavy (non-hydrogen) atoms. The monoisotopic (exact) mass is 340 g/mol. The first kappa shape index (κ1) is 16.6. The first-order chi connectivity index (χ1) is 11.7. The van der Waals surface area contributed by atoms with Crippen LogP contribution in [0.1, 0.15) is 12.5 Å². The van der Waals surface area contributed by atoms with Crippen molar-refractivity contribution in [2.24, 2.45) is 0 Å². The van der Waals surface area contributed by atoms with Crippen molar-refractivity contribution in [1.29, 1.82) is 0 Å². The molecule has 0 atom stereocenters. The molecule has 0 amide bonds. The van der Waals surface area contributed by atoms with Gasteiger partial charge in [-0.1, -0.05) is 42.1 Å². The van der Waals surface area contributed by atoms with Gasteiger partial charge in [-0.15, -0.1) is 0 Å². The summed E-state index contributed by atoms with van der Waals surface area (Å²) in [5, 5.41) is 1.41. The molecule has 5 heteroatoms. The minimum atomic E-state index is 0.0189. The summed E-state index contributed by atoms with van der Waals surface area (Å²) in [7, 11) is 0. The molecule has 0 spiro atoms. The molecule has 1 heterocycles. The van der Waals surface area contributed by atoms with Crippen LogP contribution >= 0.6 is 11.8 Å². The van der Waals surface area contributed by atoms with Gasteiger partial charge < -0.3 is 4.74 Å². The third kappa shape index (κ3) is 3.46. The Bertz CT molecular complexity index is 905. The zero-order valence-electron chi connectivity index (χ0n) is 13.9. The lowest BCUT2D eigenvalue weighted by Gasteiger charge is -2.12. The molecule has 0 aliphatic heterocycles. The maximum Gasteiger partial charge on any atom is 0.262 e. The summed E-state index contributed by atoms with van der Waals surface area (Å²) < 4.78 is 7.54. The summed E-state index contributed by atoms with van der Waals surface area (Å²) in [6.07, 6.45) is 0. The largest absolute Gasteiger partial charge is 0.492 e. The van der Waals surface area contributed by atoms with Crippen molar-refractivity contribution in [3.05, 3.63) is 64.4 Å². The predicted molar refractivity (Wildman–Crippen MR) is 99.1 cm³/mol. The topological polar surface area (TPSA) is 44.1 Å². The maximum atomic E-state index is 12.6. The average Bonchev–Trinajstić information content (AvgIpc) is 2.60. The third-order valence-corrected chi connectivity index (χ3v) is 4.75. The Morgan fingerprint density at radius 1 is 1.12 bits per heavy atom. The van der Waals surface area contributed by atoms with Crippen LogP contribution in [0.2, 0.25) is 0 Å². The zero-order valence-corrected chi connectivity index (χ0v) is 14.7. The van der Waals surface area contributed by atoms with Crippen molar-refractivity contribution < 1.29 is 4.74 Å². The lowest BCUT2D eigenvalue weighted by atomic mass is 10.2. The van der Waals surface area contributed by atoms with E-state index in [4.69, 9.17) is 4.74 Å². The van der Waals surface area contributed by atoms with Crippen LogP contribution in [-0.4, -0.2) is 21.9 Å². The van der Waals surface area contributed by atoms with Gasteiger partial charge in [-0.25, -0.2) is 4.98 Å². The number of fused-ring (bicyclic) bond motifs is 1.